The summed E-state index contributed by atoms with van der Waals surface area (Å²) in [5.41, 5.74) is 0. The Hall–Kier alpha value is 0.150. The number of hydrogen-bond donors (Lipinski definition) is 0. The molecule has 1 aliphatic heterocycles. The van der Waals surface area contributed by atoms with Gasteiger partial charge >= 0.3 is 0 Å². The largest absolute Gasteiger partial charge is 0.283 e. The molecule has 1 nitrogen and oxygen atoms in total. The fourth-order valence-corrected chi connectivity index (χ4v) is 1.13. The Labute approximate surface area is 52.0 Å². The summed E-state index contributed by atoms with van der Waals surface area (Å²) in [6, 6.07) is 0. The van der Waals surface area contributed by atoms with Crippen LogP contribution in [0.4, 0.5) is 0 Å². The van der Waals surface area contributed by atoms with Crippen molar-refractivity contribution in [1.29, 1.82) is 0 Å². The van der Waals surface area contributed by atoms with Gasteiger partial charge in [-0.15, -0.1) is 0 Å². The molecule has 1 aliphatic rings. The average molecular weight is 162 g/mol. The zero-order valence-corrected chi connectivity index (χ0v) is 5.69. The highest BCUT2D eigenvalue weighted by Gasteiger charge is 2.01. The van der Waals surface area contributed by atoms with Crippen LogP contribution < -0.4 is 0 Å². The molecule has 1 atom stereocenters. The molecule has 0 saturated carbocycles. The van der Waals surface area contributed by atoms with E-state index in [1.165, 1.54) is 19.3 Å². The van der Waals surface area contributed by atoms with Gasteiger partial charge in [-0.1, -0.05) is 15.9 Å². The van der Waals surface area contributed by atoms with Gasteiger partial charge in [0.05, 0.1) is 0 Å². The number of halogens is 1. The second-order valence-electron chi connectivity index (χ2n) is 1.70. The van der Waals surface area contributed by atoms with E-state index in [0.717, 1.165) is 0 Å². The molecule has 0 amide bonds. The summed E-state index contributed by atoms with van der Waals surface area (Å²) in [6.45, 7) is 0. The molecule has 0 radical (unpaired) electrons. The van der Waals surface area contributed by atoms with Gasteiger partial charge in [0, 0.05) is 6.21 Å². The molecular formula is C5H8BrN. The second kappa shape index (κ2) is 2.46. The van der Waals surface area contributed by atoms with Crippen molar-refractivity contribution in [3.05, 3.63) is 0 Å². The Morgan fingerprint density at radius 3 is 2.86 bits per heavy atom. The maximum absolute atomic E-state index is 4.12. The summed E-state index contributed by atoms with van der Waals surface area (Å²) in [5, 5.41) is 0. The van der Waals surface area contributed by atoms with E-state index < -0.39 is 0 Å². The number of nitrogens with zero attached hydrogens (tertiary/aromatic N) is 1. The first-order valence-electron chi connectivity index (χ1n) is 2.55. The van der Waals surface area contributed by atoms with Crippen LogP contribution >= 0.6 is 15.9 Å². The zero-order chi connectivity index (χ0) is 5.11. The molecule has 0 saturated heterocycles. The lowest BCUT2D eigenvalue weighted by molar-refractivity contribution is 0.721. The minimum absolute atomic E-state index is 0.418. The zero-order valence-electron chi connectivity index (χ0n) is 4.10. The van der Waals surface area contributed by atoms with Crippen LogP contribution in [-0.4, -0.2) is 11.2 Å². The first-order chi connectivity index (χ1) is 3.39. The van der Waals surface area contributed by atoms with Crippen LogP contribution in [0.3, 0.4) is 0 Å². The Balaban J connectivity index is 2.36. The summed E-state index contributed by atoms with van der Waals surface area (Å²) >= 11 is 3.39. The van der Waals surface area contributed by atoms with Crippen molar-refractivity contribution in [2.75, 3.05) is 0 Å². The third kappa shape index (κ3) is 1.59. The monoisotopic (exact) mass is 161 g/mol. The Kier molecular flexibility index (Phi) is 1.86. The van der Waals surface area contributed by atoms with E-state index in [-0.39, 0.29) is 0 Å². The predicted molar refractivity (Wildman–Crippen MR) is 35.1 cm³/mol. The lowest BCUT2D eigenvalue weighted by Crippen LogP contribution is -1.99. The average Bonchev–Trinajstić information content (AvgIpc) is 1.69. The van der Waals surface area contributed by atoms with Crippen LogP contribution in [0.5, 0.6) is 0 Å². The van der Waals surface area contributed by atoms with Gasteiger partial charge in [-0.2, -0.15) is 0 Å². The highest BCUT2D eigenvalue weighted by atomic mass is 79.9. The summed E-state index contributed by atoms with van der Waals surface area (Å²) < 4.78 is 0. The molecule has 0 aromatic rings. The first kappa shape index (κ1) is 5.29. The SMILES string of the molecule is BrC1CCCC=N1. The molecule has 40 valence electrons. The van der Waals surface area contributed by atoms with E-state index in [1.807, 2.05) is 6.21 Å². The molecule has 0 spiro atoms. The molecule has 0 bridgehead atoms. The Morgan fingerprint density at radius 2 is 2.57 bits per heavy atom. The number of rotatable bonds is 0. The lowest BCUT2D eigenvalue weighted by Gasteiger charge is -2.06. The molecule has 0 aromatic heterocycles. The summed E-state index contributed by atoms with van der Waals surface area (Å²) in [4.78, 5) is 4.54. The predicted octanol–water partition coefficient (Wildman–Crippen LogP) is 1.96. The fraction of sp³-hybridized carbons (Fsp3) is 0.800. The van der Waals surface area contributed by atoms with E-state index in [2.05, 4.69) is 20.9 Å². The molecule has 0 aromatic carbocycles. The molecular weight excluding hydrogens is 154 g/mol. The maximum atomic E-state index is 4.12. The van der Waals surface area contributed by atoms with Gasteiger partial charge < -0.3 is 0 Å². The summed E-state index contributed by atoms with van der Waals surface area (Å²) in [7, 11) is 0. The number of alkyl halides is 1. The van der Waals surface area contributed by atoms with E-state index in [4.69, 9.17) is 0 Å². The summed E-state index contributed by atoms with van der Waals surface area (Å²) in [5.74, 6) is 0. The molecule has 0 fully saturated rings. The third-order valence-corrected chi connectivity index (χ3v) is 1.74. The topological polar surface area (TPSA) is 12.4 Å². The van der Waals surface area contributed by atoms with Gasteiger partial charge in [0.2, 0.25) is 0 Å². The van der Waals surface area contributed by atoms with Crippen LogP contribution in [0.15, 0.2) is 4.99 Å². The Morgan fingerprint density at radius 1 is 1.71 bits per heavy atom. The lowest BCUT2D eigenvalue weighted by atomic mass is 10.2. The summed E-state index contributed by atoms with van der Waals surface area (Å²) in [6.07, 6.45) is 5.65. The van der Waals surface area contributed by atoms with Crippen molar-refractivity contribution in [1.82, 2.24) is 0 Å². The van der Waals surface area contributed by atoms with Gasteiger partial charge in [-0.05, 0) is 19.3 Å². The van der Waals surface area contributed by atoms with E-state index >= 15 is 0 Å². The van der Waals surface area contributed by atoms with E-state index in [9.17, 15) is 0 Å². The molecule has 1 heterocycles. The van der Waals surface area contributed by atoms with Gasteiger partial charge in [-0.3, -0.25) is 4.99 Å². The third-order valence-electron chi connectivity index (χ3n) is 1.04. The molecule has 0 N–H and O–H groups in total. The van der Waals surface area contributed by atoms with Gasteiger partial charge in [0.25, 0.3) is 0 Å². The number of aliphatic imine (C=N–C) groups is 1. The standard InChI is InChI=1S/C5H8BrN/c6-5-3-1-2-4-7-5/h4-5H,1-3H2. The molecule has 1 unspecified atom stereocenters. The minimum atomic E-state index is 0.418. The van der Waals surface area contributed by atoms with Gasteiger partial charge in [0.15, 0.2) is 0 Å². The Bertz CT molecular complexity index is 80.1. The van der Waals surface area contributed by atoms with Crippen molar-refractivity contribution in [2.24, 2.45) is 4.99 Å². The maximum Gasteiger partial charge on any atom is 0.104 e. The molecule has 7 heavy (non-hydrogen) atoms. The van der Waals surface area contributed by atoms with Crippen LogP contribution in [0.2, 0.25) is 0 Å². The minimum Gasteiger partial charge on any atom is -0.283 e. The van der Waals surface area contributed by atoms with Gasteiger partial charge in [0.1, 0.15) is 4.95 Å². The molecule has 0 aliphatic carbocycles. The van der Waals surface area contributed by atoms with Crippen molar-refractivity contribution in [3.63, 3.8) is 0 Å². The highest BCUT2D eigenvalue weighted by Crippen LogP contribution is 2.13. The van der Waals surface area contributed by atoms with Crippen LogP contribution in [0.1, 0.15) is 19.3 Å². The molecule has 2 heteroatoms. The molecule has 1 rings (SSSR count). The van der Waals surface area contributed by atoms with Crippen molar-refractivity contribution >= 4 is 22.1 Å². The fourth-order valence-electron chi connectivity index (χ4n) is 0.641. The van der Waals surface area contributed by atoms with Gasteiger partial charge in [-0.25, -0.2) is 0 Å². The van der Waals surface area contributed by atoms with E-state index in [0.29, 0.717) is 4.95 Å². The van der Waals surface area contributed by atoms with Crippen LogP contribution in [-0.2, 0) is 0 Å². The van der Waals surface area contributed by atoms with E-state index in [1.54, 1.807) is 0 Å². The van der Waals surface area contributed by atoms with Crippen molar-refractivity contribution in [2.45, 2.75) is 24.2 Å². The van der Waals surface area contributed by atoms with Crippen LogP contribution in [0.25, 0.3) is 0 Å². The first-order valence-corrected chi connectivity index (χ1v) is 3.47. The number of hydrogen-bond acceptors (Lipinski definition) is 1. The van der Waals surface area contributed by atoms with Crippen molar-refractivity contribution < 1.29 is 0 Å². The van der Waals surface area contributed by atoms with Crippen LogP contribution in [0, 0.1) is 0 Å². The normalized spacial score (nSPS) is 30.7. The van der Waals surface area contributed by atoms with Crippen molar-refractivity contribution in [3.8, 4) is 0 Å². The second-order valence-corrected chi connectivity index (χ2v) is 2.75. The smallest absolute Gasteiger partial charge is 0.104 e. The quantitative estimate of drug-likeness (QED) is 0.381. The highest BCUT2D eigenvalue weighted by molar-refractivity contribution is 9.09.